The van der Waals surface area contributed by atoms with Crippen LogP contribution in [0.2, 0.25) is 5.02 Å². The average Bonchev–Trinajstić information content (AvgIpc) is 2.26. The minimum atomic E-state index is 0.359. The Labute approximate surface area is 94.4 Å². The van der Waals surface area contributed by atoms with E-state index in [0.29, 0.717) is 16.8 Å². The van der Waals surface area contributed by atoms with Crippen LogP contribution < -0.4 is 16.6 Å². The fraction of sp³-hybridized carbons (Fsp3) is 0.556. The van der Waals surface area contributed by atoms with Crippen LogP contribution in [0.15, 0.2) is 6.20 Å². The quantitative estimate of drug-likeness (QED) is 0.395. The van der Waals surface area contributed by atoms with Gasteiger partial charge in [-0.2, -0.15) is 4.98 Å². The maximum Gasteiger partial charge on any atom is 0.239 e. The number of unbranched alkanes of at least 4 members (excludes halogenated alkanes) is 2. The Morgan fingerprint density at radius 3 is 2.93 bits per heavy atom. The number of hydrogen-bond acceptors (Lipinski definition) is 5. The van der Waals surface area contributed by atoms with Gasteiger partial charge in [0.15, 0.2) is 5.82 Å². The van der Waals surface area contributed by atoms with Crippen molar-refractivity contribution in [3.63, 3.8) is 0 Å². The Bertz CT molecular complexity index is 305. The maximum atomic E-state index is 5.91. The topological polar surface area (TPSA) is 75.9 Å². The van der Waals surface area contributed by atoms with Crippen LogP contribution in [0.5, 0.6) is 0 Å². The summed E-state index contributed by atoms with van der Waals surface area (Å²) in [4.78, 5) is 7.98. The van der Waals surface area contributed by atoms with E-state index in [4.69, 9.17) is 17.4 Å². The van der Waals surface area contributed by atoms with Crippen LogP contribution in [-0.2, 0) is 0 Å². The van der Waals surface area contributed by atoms with Crippen LogP contribution in [0, 0.1) is 0 Å². The molecule has 0 amide bonds. The first-order valence-corrected chi connectivity index (χ1v) is 5.38. The first-order valence-electron chi connectivity index (χ1n) is 5.01. The zero-order valence-electron chi connectivity index (χ0n) is 8.76. The van der Waals surface area contributed by atoms with Gasteiger partial charge in [-0.25, -0.2) is 10.8 Å². The highest BCUT2D eigenvalue weighted by Crippen LogP contribution is 2.18. The second-order valence-electron chi connectivity index (χ2n) is 3.17. The van der Waals surface area contributed by atoms with Crippen LogP contribution >= 0.6 is 11.6 Å². The van der Waals surface area contributed by atoms with Crippen LogP contribution in [-0.4, -0.2) is 16.5 Å². The first-order chi connectivity index (χ1) is 7.27. The van der Waals surface area contributed by atoms with Crippen LogP contribution in [0.25, 0.3) is 0 Å². The molecule has 15 heavy (non-hydrogen) atoms. The molecule has 0 bridgehead atoms. The first kappa shape index (κ1) is 12.0. The van der Waals surface area contributed by atoms with Crippen molar-refractivity contribution in [3.05, 3.63) is 11.2 Å². The van der Waals surface area contributed by atoms with Crippen molar-refractivity contribution in [1.29, 1.82) is 0 Å². The standard InChI is InChI=1S/C9H16ClN5/c1-2-3-4-5-12-8-7(10)6-13-9(14-8)15-11/h6H,2-5,11H2,1H3,(H2,12,13,14,15). The van der Waals surface area contributed by atoms with E-state index in [1.54, 1.807) is 0 Å². The third-order valence-electron chi connectivity index (χ3n) is 1.95. The number of anilines is 2. The number of rotatable bonds is 6. The molecule has 6 heteroatoms. The van der Waals surface area contributed by atoms with E-state index in [2.05, 4.69) is 27.6 Å². The van der Waals surface area contributed by atoms with E-state index in [9.17, 15) is 0 Å². The van der Waals surface area contributed by atoms with Crippen molar-refractivity contribution in [1.82, 2.24) is 9.97 Å². The van der Waals surface area contributed by atoms with Crippen LogP contribution in [0.1, 0.15) is 26.2 Å². The molecule has 0 spiro atoms. The third kappa shape index (κ3) is 3.89. The molecule has 0 unspecified atom stereocenters. The molecular formula is C9H16ClN5. The van der Waals surface area contributed by atoms with E-state index in [1.807, 2.05) is 0 Å². The lowest BCUT2D eigenvalue weighted by Gasteiger charge is -2.07. The van der Waals surface area contributed by atoms with Crippen LogP contribution in [0.3, 0.4) is 0 Å². The Balaban J connectivity index is 2.51. The maximum absolute atomic E-state index is 5.91. The predicted molar refractivity (Wildman–Crippen MR) is 62.9 cm³/mol. The molecule has 1 rings (SSSR count). The van der Waals surface area contributed by atoms with Gasteiger partial charge in [-0.1, -0.05) is 31.4 Å². The number of nitrogens with two attached hydrogens (primary N) is 1. The number of halogens is 1. The monoisotopic (exact) mass is 229 g/mol. The lowest BCUT2D eigenvalue weighted by Crippen LogP contribution is -2.12. The number of hydrazine groups is 1. The number of hydrogen-bond donors (Lipinski definition) is 3. The van der Waals surface area contributed by atoms with Gasteiger partial charge < -0.3 is 5.32 Å². The molecule has 0 atom stereocenters. The number of nitrogens with one attached hydrogen (secondary N) is 2. The lowest BCUT2D eigenvalue weighted by atomic mass is 10.2. The summed E-state index contributed by atoms with van der Waals surface area (Å²) in [6, 6.07) is 0. The van der Waals surface area contributed by atoms with Gasteiger partial charge in [0.05, 0.1) is 6.20 Å². The molecule has 0 aliphatic rings. The zero-order valence-corrected chi connectivity index (χ0v) is 9.51. The molecule has 84 valence electrons. The lowest BCUT2D eigenvalue weighted by molar-refractivity contribution is 0.742. The zero-order chi connectivity index (χ0) is 11.1. The third-order valence-corrected chi connectivity index (χ3v) is 2.22. The molecule has 0 aliphatic carbocycles. The van der Waals surface area contributed by atoms with Crippen molar-refractivity contribution in [2.24, 2.45) is 5.84 Å². The minimum absolute atomic E-state index is 0.359. The average molecular weight is 230 g/mol. The summed E-state index contributed by atoms with van der Waals surface area (Å²) in [5, 5.41) is 3.65. The molecule has 0 aromatic carbocycles. The summed E-state index contributed by atoms with van der Waals surface area (Å²) >= 11 is 5.91. The molecule has 0 fully saturated rings. The van der Waals surface area contributed by atoms with Crippen molar-refractivity contribution in [3.8, 4) is 0 Å². The van der Waals surface area contributed by atoms with Gasteiger partial charge in [0.2, 0.25) is 5.95 Å². The Morgan fingerprint density at radius 1 is 1.47 bits per heavy atom. The summed E-state index contributed by atoms with van der Waals surface area (Å²) in [7, 11) is 0. The summed E-state index contributed by atoms with van der Waals surface area (Å²) < 4.78 is 0. The Kier molecular flexibility index (Phi) is 5.14. The highest BCUT2D eigenvalue weighted by Gasteiger charge is 2.03. The Morgan fingerprint density at radius 2 is 2.27 bits per heavy atom. The molecule has 4 N–H and O–H groups in total. The number of nitrogen functional groups attached to an aromatic ring is 1. The SMILES string of the molecule is CCCCCNc1nc(NN)ncc1Cl. The predicted octanol–water partition coefficient (Wildman–Crippen LogP) is 2.02. The molecule has 0 aliphatic heterocycles. The molecule has 1 aromatic rings. The smallest absolute Gasteiger partial charge is 0.239 e. The van der Waals surface area contributed by atoms with E-state index in [1.165, 1.54) is 19.0 Å². The fourth-order valence-electron chi connectivity index (χ4n) is 1.14. The molecular weight excluding hydrogens is 214 g/mol. The highest BCUT2D eigenvalue weighted by atomic mass is 35.5. The van der Waals surface area contributed by atoms with E-state index in [-0.39, 0.29) is 0 Å². The second kappa shape index (κ2) is 6.42. The van der Waals surface area contributed by atoms with Crippen LogP contribution in [0.4, 0.5) is 11.8 Å². The molecule has 0 saturated heterocycles. The van der Waals surface area contributed by atoms with Crippen molar-refractivity contribution in [2.75, 3.05) is 17.3 Å². The number of aromatic nitrogens is 2. The van der Waals surface area contributed by atoms with Gasteiger partial charge in [-0.15, -0.1) is 0 Å². The van der Waals surface area contributed by atoms with Gasteiger partial charge in [0.25, 0.3) is 0 Å². The highest BCUT2D eigenvalue weighted by molar-refractivity contribution is 6.32. The summed E-state index contributed by atoms with van der Waals surface area (Å²) in [6.07, 6.45) is 5.00. The van der Waals surface area contributed by atoms with E-state index >= 15 is 0 Å². The summed E-state index contributed by atoms with van der Waals surface area (Å²) in [5.41, 5.74) is 2.38. The Hall–Kier alpha value is -1.07. The number of nitrogens with zero attached hydrogens (tertiary/aromatic N) is 2. The summed E-state index contributed by atoms with van der Waals surface area (Å²) in [6.45, 7) is 3.02. The largest absolute Gasteiger partial charge is 0.369 e. The van der Waals surface area contributed by atoms with Crippen molar-refractivity contribution < 1.29 is 0 Å². The normalized spacial score (nSPS) is 10.1. The van der Waals surface area contributed by atoms with Gasteiger partial charge >= 0.3 is 0 Å². The minimum Gasteiger partial charge on any atom is -0.369 e. The summed E-state index contributed by atoms with van der Waals surface area (Å²) in [5.74, 6) is 6.18. The van der Waals surface area contributed by atoms with E-state index < -0.39 is 0 Å². The van der Waals surface area contributed by atoms with Gasteiger partial charge in [0.1, 0.15) is 5.02 Å². The van der Waals surface area contributed by atoms with Gasteiger partial charge in [0, 0.05) is 6.54 Å². The van der Waals surface area contributed by atoms with Crippen molar-refractivity contribution in [2.45, 2.75) is 26.2 Å². The molecule has 1 aromatic heterocycles. The molecule has 1 heterocycles. The fourth-order valence-corrected chi connectivity index (χ4v) is 1.30. The second-order valence-corrected chi connectivity index (χ2v) is 3.58. The molecule has 5 nitrogen and oxygen atoms in total. The molecule has 0 radical (unpaired) electrons. The molecule has 0 saturated carbocycles. The van der Waals surface area contributed by atoms with E-state index in [0.717, 1.165) is 13.0 Å². The van der Waals surface area contributed by atoms with Gasteiger partial charge in [-0.05, 0) is 6.42 Å². The van der Waals surface area contributed by atoms with Gasteiger partial charge in [-0.3, -0.25) is 5.43 Å². The van der Waals surface area contributed by atoms with Crippen molar-refractivity contribution >= 4 is 23.4 Å².